The first-order chi connectivity index (χ1) is 8.98. The molecule has 0 bridgehead atoms. The van der Waals surface area contributed by atoms with E-state index in [1.165, 1.54) is 12.1 Å². The number of rotatable bonds is 6. The van der Waals surface area contributed by atoms with E-state index >= 15 is 0 Å². The zero-order valence-corrected chi connectivity index (χ0v) is 13.4. The van der Waals surface area contributed by atoms with Gasteiger partial charge in [-0.1, -0.05) is 41.4 Å². The molecule has 1 aromatic carbocycles. The minimum absolute atomic E-state index is 0.0125. The topological polar surface area (TPSA) is 29.1 Å². The lowest BCUT2D eigenvalue weighted by Crippen LogP contribution is -2.38. The lowest BCUT2D eigenvalue weighted by atomic mass is 9.84. The monoisotopic (exact) mass is 349 g/mol. The zero-order chi connectivity index (χ0) is 14.5. The Balaban J connectivity index is 2.75. The summed E-state index contributed by atoms with van der Waals surface area (Å²) in [5.41, 5.74) is 0.0403. The molecule has 0 aliphatic heterocycles. The molecule has 0 unspecified atom stereocenters. The molecule has 2 nitrogen and oxygen atoms in total. The number of benzene rings is 1. The summed E-state index contributed by atoms with van der Waals surface area (Å²) in [5.74, 6) is -0.996. The third-order valence-electron chi connectivity index (χ3n) is 3.58. The molecule has 0 aliphatic rings. The maximum atomic E-state index is 13.6. The van der Waals surface area contributed by atoms with Gasteiger partial charge in [0.1, 0.15) is 5.82 Å². The summed E-state index contributed by atoms with van der Waals surface area (Å²) in [6.07, 6.45) is 1.89. The molecule has 0 radical (unpaired) electrons. The van der Waals surface area contributed by atoms with Crippen LogP contribution in [0.1, 0.15) is 37.0 Å². The zero-order valence-electron chi connectivity index (χ0n) is 11.1. The first-order valence-corrected chi connectivity index (χ1v) is 7.77. The van der Waals surface area contributed by atoms with E-state index in [0.717, 1.165) is 24.2 Å². The molecule has 0 aliphatic carbocycles. The summed E-state index contributed by atoms with van der Waals surface area (Å²) in [5, 5.41) is 3.89. The summed E-state index contributed by atoms with van der Waals surface area (Å²) in [6, 6.07) is 4.06. The molecule has 1 aromatic rings. The average Bonchev–Trinajstić information content (AvgIpc) is 2.40. The number of alkyl halides is 1. The molecule has 0 fully saturated rings. The number of nitrogens with one attached hydrogen (secondary N) is 1. The van der Waals surface area contributed by atoms with Crippen LogP contribution in [0.4, 0.5) is 4.39 Å². The van der Waals surface area contributed by atoms with E-state index in [9.17, 15) is 9.18 Å². The summed E-state index contributed by atoms with van der Waals surface area (Å²) in [4.78, 5) is 12.0. The van der Waals surface area contributed by atoms with Gasteiger partial charge in [-0.05, 0) is 36.5 Å². The molecule has 0 atom stereocenters. The molecule has 106 valence electrons. The van der Waals surface area contributed by atoms with E-state index in [1.807, 2.05) is 0 Å². The van der Waals surface area contributed by atoms with Gasteiger partial charge in [-0.2, -0.15) is 0 Å². The van der Waals surface area contributed by atoms with Gasteiger partial charge >= 0.3 is 0 Å². The van der Waals surface area contributed by atoms with Crippen molar-refractivity contribution in [3.8, 4) is 0 Å². The van der Waals surface area contributed by atoms with Crippen LogP contribution in [-0.2, 0) is 0 Å². The van der Waals surface area contributed by atoms with Gasteiger partial charge in [-0.3, -0.25) is 4.79 Å². The molecule has 19 heavy (non-hydrogen) atoms. The van der Waals surface area contributed by atoms with Gasteiger partial charge in [0.25, 0.3) is 5.91 Å². The second kappa shape index (κ2) is 7.25. The Hall–Kier alpha value is -0.610. The molecule has 1 rings (SSSR count). The van der Waals surface area contributed by atoms with Crippen LogP contribution >= 0.6 is 27.5 Å². The minimum atomic E-state index is -0.595. The number of hydrogen-bond acceptors (Lipinski definition) is 1. The third kappa shape index (κ3) is 4.18. The van der Waals surface area contributed by atoms with Gasteiger partial charge < -0.3 is 5.32 Å². The maximum absolute atomic E-state index is 13.6. The Kier molecular flexibility index (Phi) is 6.27. The van der Waals surface area contributed by atoms with Crippen LogP contribution in [0, 0.1) is 11.2 Å². The fourth-order valence-electron chi connectivity index (χ4n) is 1.77. The molecule has 1 amide bonds. The Morgan fingerprint density at radius 1 is 1.42 bits per heavy atom. The van der Waals surface area contributed by atoms with Crippen molar-refractivity contribution in [2.24, 2.45) is 5.41 Å². The number of amides is 1. The molecule has 0 saturated carbocycles. The van der Waals surface area contributed by atoms with Crippen molar-refractivity contribution in [2.45, 2.75) is 26.7 Å². The van der Waals surface area contributed by atoms with Crippen molar-refractivity contribution in [2.75, 3.05) is 11.9 Å². The van der Waals surface area contributed by atoms with E-state index in [0.29, 0.717) is 6.54 Å². The number of carbonyl (C=O) groups excluding carboxylic acids is 1. The summed E-state index contributed by atoms with van der Waals surface area (Å²) in [6.45, 7) is 4.69. The highest BCUT2D eigenvalue weighted by Crippen LogP contribution is 2.28. The number of carbonyl (C=O) groups is 1. The van der Waals surface area contributed by atoms with E-state index in [1.54, 1.807) is 0 Å². The lowest BCUT2D eigenvalue weighted by molar-refractivity contribution is 0.0928. The first kappa shape index (κ1) is 16.4. The summed E-state index contributed by atoms with van der Waals surface area (Å²) >= 11 is 9.14. The highest BCUT2D eigenvalue weighted by Gasteiger charge is 2.26. The molecule has 0 heterocycles. The van der Waals surface area contributed by atoms with E-state index in [4.69, 9.17) is 11.6 Å². The van der Waals surface area contributed by atoms with Crippen molar-refractivity contribution in [3.63, 3.8) is 0 Å². The fraction of sp³-hybridized carbons (Fsp3) is 0.500. The highest BCUT2D eigenvalue weighted by atomic mass is 79.9. The van der Waals surface area contributed by atoms with Gasteiger partial charge in [-0.25, -0.2) is 4.39 Å². The van der Waals surface area contributed by atoms with Crippen LogP contribution in [0.3, 0.4) is 0 Å². The van der Waals surface area contributed by atoms with Gasteiger partial charge in [0.15, 0.2) is 0 Å². The standard InChI is InChI=1S/C14H18BrClFNO/c1-3-14(4-2,8-15)9-18-13(19)11-6-5-10(16)7-12(11)17/h5-7H,3-4,8-9H2,1-2H3,(H,18,19). The Labute approximate surface area is 126 Å². The lowest BCUT2D eigenvalue weighted by Gasteiger charge is -2.29. The summed E-state index contributed by atoms with van der Waals surface area (Å²) < 4.78 is 13.6. The predicted octanol–water partition coefficient (Wildman–Crippen LogP) is 4.41. The van der Waals surface area contributed by atoms with E-state index in [-0.39, 0.29) is 16.0 Å². The van der Waals surface area contributed by atoms with Crippen molar-refractivity contribution in [3.05, 3.63) is 34.6 Å². The fourth-order valence-corrected chi connectivity index (χ4v) is 2.92. The Bertz CT molecular complexity index is 441. The van der Waals surface area contributed by atoms with Gasteiger partial charge in [0.05, 0.1) is 5.56 Å². The van der Waals surface area contributed by atoms with Gasteiger partial charge in [0, 0.05) is 16.9 Å². The highest BCUT2D eigenvalue weighted by molar-refractivity contribution is 9.09. The van der Waals surface area contributed by atoms with Crippen molar-refractivity contribution in [1.82, 2.24) is 5.32 Å². The largest absolute Gasteiger partial charge is 0.351 e. The van der Waals surface area contributed by atoms with Crippen LogP contribution in [0.5, 0.6) is 0 Å². The van der Waals surface area contributed by atoms with Crippen molar-refractivity contribution in [1.29, 1.82) is 0 Å². The van der Waals surface area contributed by atoms with Crippen LogP contribution in [0.15, 0.2) is 18.2 Å². The van der Waals surface area contributed by atoms with Crippen molar-refractivity contribution >= 4 is 33.4 Å². The molecule has 0 aromatic heterocycles. The predicted molar refractivity (Wildman–Crippen MR) is 80.6 cm³/mol. The molecule has 0 spiro atoms. The normalized spacial score (nSPS) is 11.4. The van der Waals surface area contributed by atoms with Crippen LogP contribution in [-0.4, -0.2) is 17.8 Å². The Morgan fingerprint density at radius 3 is 2.53 bits per heavy atom. The average molecular weight is 351 g/mol. The number of hydrogen-bond donors (Lipinski definition) is 1. The van der Waals surface area contributed by atoms with Gasteiger partial charge in [-0.15, -0.1) is 0 Å². The van der Waals surface area contributed by atoms with E-state index < -0.39 is 11.7 Å². The maximum Gasteiger partial charge on any atom is 0.254 e. The molecule has 5 heteroatoms. The quantitative estimate of drug-likeness (QED) is 0.757. The SMILES string of the molecule is CCC(CC)(CBr)CNC(=O)c1ccc(Cl)cc1F. The first-order valence-electron chi connectivity index (χ1n) is 6.27. The van der Waals surface area contributed by atoms with Gasteiger partial charge in [0.2, 0.25) is 0 Å². The number of halogens is 3. The molecule has 1 N–H and O–H groups in total. The van der Waals surface area contributed by atoms with Crippen molar-refractivity contribution < 1.29 is 9.18 Å². The van der Waals surface area contributed by atoms with E-state index in [2.05, 4.69) is 35.1 Å². The third-order valence-corrected chi connectivity index (χ3v) is 5.01. The second-order valence-corrected chi connectivity index (χ2v) is 5.64. The summed E-state index contributed by atoms with van der Waals surface area (Å²) in [7, 11) is 0. The van der Waals surface area contributed by atoms with Crippen LogP contribution in [0.2, 0.25) is 5.02 Å². The molecular formula is C14H18BrClFNO. The minimum Gasteiger partial charge on any atom is -0.351 e. The van der Waals surface area contributed by atoms with Crippen LogP contribution in [0.25, 0.3) is 0 Å². The molecule has 0 saturated heterocycles. The smallest absolute Gasteiger partial charge is 0.254 e. The molecular weight excluding hydrogens is 333 g/mol. The Morgan fingerprint density at radius 2 is 2.05 bits per heavy atom. The second-order valence-electron chi connectivity index (χ2n) is 4.65. The van der Waals surface area contributed by atoms with Crippen LogP contribution < -0.4 is 5.32 Å².